The summed E-state index contributed by atoms with van der Waals surface area (Å²) >= 11 is 0. The molecule has 0 N–H and O–H groups in total. The third kappa shape index (κ3) is 6.05. The number of halogens is 1. The Morgan fingerprint density at radius 1 is 1.29 bits per heavy atom. The van der Waals surface area contributed by atoms with Crippen LogP contribution in [0.5, 0.6) is 5.75 Å². The number of aromatic nitrogens is 2. The van der Waals surface area contributed by atoms with Crippen molar-refractivity contribution in [2.45, 2.75) is 86.6 Å². The van der Waals surface area contributed by atoms with Crippen LogP contribution in [0.4, 0.5) is 4.39 Å². The second-order valence-electron chi connectivity index (χ2n) is 8.19. The van der Waals surface area contributed by atoms with Crippen LogP contribution in [0.1, 0.15) is 85.5 Å². The maximum absolute atomic E-state index is 14.3. The SMILES string of the molecule is CC.CCC(=O)CC(C)(C)C.COc1ccc2nc(C)n(C3CCC3)c2c1F. The molecule has 0 unspecified atom stereocenters. The highest BCUT2D eigenvalue weighted by Gasteiger charge is 2.25. The predicted molar refractivity (Wildman–Crippen MR) is 115 cm³/mol. The van der Waals surface area contributed by atoms with Crippen molar-refractivity contribution in [1.29, 1.82) is 0 Å². The van der Waals surface area contributed by atoms with Crippen molar-refractivity contribution in [2.24, 2.45) is 5.41 Å². The average Bonchev–Trinajstić information content (AvgIpc) is 2.92. The Morgan fingerprint density at radius 2 is 1.89 bits per heavy atom. The lowest BCUT2D eigenvalue weighted by molar-refractivity contribution is -0.120. The number of fused-ring (bicyclic) bond motifs is 1. The molecule has 1 aliphatic rings. The maximum atomic E-state index is 14.3. The molecule has 158 valence electrons. The molecule has 1 fully saturated rings. The molecule has 1 aromatic heterocycles. The standard InChI is InChI=1S/C13H15FN2O.C8H16O.C2H6/c1-8-15-10-6-7-11(17-2)12(14)13(10)16(8)9-4-3-5-9;1-5-7(9)6-8(2,3)4;1-2/h6-7,9H,3-5H2,1-2H3;5-6H2,1-4H3;1-2H3. The van der Waals surface area contributed by atoms with E-state index in [1.807, 2.05) is 38.3 Å². The second kappa shape index (κ2) is 10.6. The Morgan fingerprint density at radius 3 is 2.29 bits per heavy atom. The molecule has 0 radical (unpaired) electrons. The molecule has 2 aromatic rings. The number of rotatable bonds is 4. The van der Waals surface area contributed by atoms with Gasteiger partial charge in [0, 0.05) is 18.9 Å². The quantitative estimate of drug-likeness (QED) is 0.585. The van der Waals surface area contributed by atoms with Gasteiger partial charge >= 0.3 is 0 Å². The van der Waals surface area contributed by atoms with Gasteiger partial charge in [0.05, 0.1) is 12.6 Å². The molecule has 28 heavy (non-hydrogen) atoms. The van der Waals surface area contributed by atoms with Gasteiger partial charge in [-0.2, -0.15) is 0 Å². The number of hydrogen-bond acceptors (Lipinski definition) is 3. The van der Waals surface area contributed by atoms with Crippen LogP contribution < -0.4 is 4.74 Å². The number of aryl methyl sites for hydroxylation is 1. The molecule has 0 saturated heterocycles. The molecule has 4 nitrogen and oxygen atoms in total. The molecule has 0 bridgehead atoms. The first-order valence-electron chi connectivity index (χ1n) is 10.4. The van der Waals surface area contributed by atoms with Gasteiger partial charge in [-0.3, -0.25) is 4.79 Å². The molecule has 0 aliphatic heterocycles. The average molecular weight is 393 g/mol. The Labute approximate surface area is 169 Å². The highest BCUT2D eigenvalue weighted by molar-refractivity contribution is 5.79. The molecule has 3 rings (SSSR count). The zero-order valence-electron chi connectivity index (χ0n) is 18.9. The van der Waals surface area contributed by atoms with E-state index >= 15 is 0 Å². The van der Waals surface area contributed by atoms with E-state index in [-0.39, 0.29) is 17.0 Å². The first-order valence-corrected chi connectivity index (χ1v) is 10.4. The second-order valence-corrected chi connectivity index (χ2v) is 8.19. The zero-order chi connectivity index (χ0) is 21.5. The van der Waals surface area contributed by atoms with E-state index in [4.69, 9.17) is 4.74 Å². The van der Waals surface area contributed by atoms with Crippen LogP contribution in [0.2, 0.25) is 0 Å². The van der Waals surface area contributed by atoms with Crippen molar-refractivity contribution in [3.8, 4) is 5.75 Å². The fourth-order valence-corrected chi connectivity index (χ4v) is 3.21. The summed E-state index contributed by atoms with van der Waals surface area (Å²) in [7, 11) is 1.49. The van der Waals surface area contributed by atoms with Gasteiger partial charge in [0.15, 0.2) is 11.6 Å². The van der Waals surface area contributed by atoms with Gasteiger partial charge in [0.2, 0.25) is 0 Å². The fourth-order valence-electron chi connectivity index (χ4n) is 3.21. The molecular weight excluding hydrogens is 355 g/mol. The maximum Gasteiger partial charge on any atom is 0.190 e. The Bertz CT molecular complexity index is 771. The first-order chi connectivity index (χ1) is 13.2. The number of methoxy groups -OCH3 is 1. The number of carbonyl (C=O) groups is 1. The normalized spacial score (nSPS) is 13.8. The summed E-state index contributed by atoms with van der Waals surface area (Å²) in [5, 5.41) is 0. The van der Waals surface area contributed by atoms with E-state index in [9.17, 15) is 9.18 Å². The summed E-state index contributed by atoms with van der Waals surface area (Å²) in [6.07, 6.45) is 4.84. The van der Waals surface area contributed by atoms with Gasteiger partial charge in [0.25, 0.3) is 0 Å². The van der Waals surface area contributed by atoms with Crippen LogP contribution in [0.15, 0.2) is 12.1 Å². The smallest absolute Gasteiger partial charge is 0.190 e. The van der Waals surface area contributed by atoms with Gasteiger partial charge < -0.3 is 9.30 Å². The molecule has 0 atom stereocenters. The molecule has 1 saturated carbocycles. The van der Waals surface area contributed by atoms with Gasteiger partial charge in [-0.25, -0.2) is 9.37 Å². The minimum atomic E-state index is -0.294. The van der Waals surface area contributed by atoms with E-state index in [1.165, 1.54) is 13.5 Å². The third-order valence-electron chi connectivity index (χ3n) is 4.71. The minimum Gasteiger partial charge on any atom is -0.494 e. The minimum absolute atomic E-state index is 0.174. The largest absolute Gasteiger partial charge is 0.494 e. The van der Waals surface area contributed by atoms with E-state index in [1.54, 1.807) is 6.07 Å². The highest BCUT2D eigenvalue weighted by Crippen LogP contribution is 2.37. The summed E-state index contributed by atoms with van der Waals surface area (Å²) in [6.45, 7) is 14.1. The lowest BCUT2D eigenvalue weighted by atomic mass is 9.89. The lowest BCUT2D eigenvalue weighted by Crippen LogP contribution is -2.18. The number of benzene rings is 1. The van der Waals surface area contributed by atoms with Gasteiger partial charge in [0.1, 0.15) is 17.1 Å². The highest BCUT2D eigenvalue weighted by atomic mass is 19.1. The van der Waals surface area contributed by atoms with Crippen LogP contribution in [-0.2, 0) is 4.79 Å². The van der Waals surface area contributed by atoms with Crippen LogP contribution in [-0.4, -0.2) is 22.4 Å². The summed E-state index contributed by atoms with van der Waals surface area (Å²) in [6, 6.07) is 3.86. The summed E-state index contributed by atoms with van der Waals surface area (Å²) in [4.78, 5) is 15.2. The number of Topliss-reactive ketones (excluding diaryl/α,β-unsaturated/α-hetero) is 1. The first kappa shape index (κ1) is 24.1. The van der Waals surface area contributed by atoms with Crippen molar-refractivity contribution in [3.63, 3.8) is 0 Å². The molecule has 1 heterocycles. The summed E-state index contributed by atoms with van der Waals surface area (Å²) in [5.41, 5.74) is 1.48. The summed E-state index contributed by atoms with van der Waals surface area (Å²) in [5.74, 6) is 1.25. The zero-order valence-corrected chi connectivity index (χ0v) is 18.9. The molecule has 0 amide bonds. The van der Waals surface area contributed by atoms with Crippen molar-refractivity contribution in [3.05, 3.63) is 23.8 Å². The number of hydrogen-bond donors (Lipinski definition) is 0. The van der Waals surface area contributed by atoms with Gasteiger partial charge in [-0.15, -0.1) is 0 Å². The number of ketones is 1. The van der Waals surface area contributed by atoms with Crippen LogP contribution in [0, 0.1) is 18.2 Å². The van der Waals surface area contributed by atoms with Crippen LogP contribution in [0.3, 0.4) is 0 Å². The van der Waals surface area contributed by atoms with E-state index < -0.39 is 0 Å². The van der Waals surface area contributed by atoms with Crippen LogP contribution >= 0.6 is 0 Å². The van der Waals surface area contributed by atoms with Gasteiger partial charge in [-0.1, -0.05) is 41.5 Å². The van der Waals surface area contributed by atoms with Crippen molar-refractivity contribution in [1.82, 2.24) is 9.55 Å². The topological polar surface area (TPSA) is 44.1 Å². The van der Waals surface area contributed by atoms with Crippen molar-refractivity contribution in [2.75, 3.05) is 7.11 Å². The third-order valence-corrected chi connectivity index (χ3v) is 4.71. The molecule has 1 aliphatic carbocycles. The fraction of sp³-hybridized carbons (Fsp3) is 0.652. The molecule has 5 heteroatoms. The Hall–Kier alpha value is -1.91. The number of ether oxygens (including phenoxy) is 1. The summed E-state index contributed by atoms with van der Waals surface area (Å²) < 4.78 is 21.3. The van der Waals surface area contributed by atoms with E-state index in [0.29, 0.717) is 35.7 Å². The van der Waals surface area contributed by atoms with E-state index in [2.05, 4.69) is 25.8 Å². The number of carbonyl (C=O) groups excluding carboxylic acids is 1. The number of imidazole rings is 1. The molecule has 1 aromatic carbocycles. The molecule has 0 spiro atoms. The number of nitrogens with zero attached hydrogens (tertiary/aromatic N) is 2. The van der Waals surface area contributed by atoms with E-state index in [0.717, 1.165) is 18.7 Å². The Kier molecular flexibility index (Phi) is 9.12. The van der Waals surface area contributed by atoms with Crippen molar-refractivity contribution < 1.29 is 13.9 Å². The Balaban J connectivity index is 0.000000306. The van der Waals surface area contributed by atoms with Crippen LogP contribution in [0.25, 0.3) is 11.0 Å². The van der Waals surface area contributed by atoms with Crippen molar-refractivity contribution >= 4 is 16.8 Å². The lowest BCUT2D eigenvalue weighted by Gasteiger charge is -2.28. The molecular formula is C23H37FN2O2. The monoisotopic (exact) mass is 392 g/mol. The van der Waals surface area contributed by atoms with Gasteiger partial charge in [-0.05, 0) is 43.7 Å². The predicted octanol–water partition coefficient (Wildman–Crippen LogP) is 6.65.